The van der Waals surface area contributed by atoms with Gasteiger partial charge < -0.3 is 9.64 Å². The molecule has 4 heteroatoms. The molecule has 0 N–H and O–H groups in total. The van der Waals surface area contributed by atoms with Crippen LogP contribution in [0.3, 0.4) is 0 Å². The maximum atomic E-state index is 11.4. The van der Waals surface area contributed by atoms with E-state index in [0.717, 1.165) is 12.8 Å². The first-order valence-electron chi connectivity index (χ1n) is 4.87. The summed E-state index contributed by atoms with van der Waals surface area (Å²) in [5, 5.41) is 0. The van der Waals surface area contributed by atoms with Crippen molar-refractivity contribution < 1.29 is 9.53 Å². The molecule has 84 valence electrons. The number of hydrogen-bond acceptors (Lipinski definition) is 2. The molecule has 0 radical (unpaired) electrons. The van der Waals surface area contributed by atoms with Crippen LogP contribution in [0.25, 0.3) is 0 Å². The van der Waals surface area contributed by atoms with Crippen LogP contribution < -0.4 is 0 Å². The lowest BCUT2D eigenvalue weighted by molar-refractivity contribution is 0.0297. The van der Waals surface area contributed by atoms with E-state index in [1.807, 2.05) is 20.8 Å². The summed E-state index contributed by atoms with van der Waals surface area (Å²) in [4.78, 5) is 13.0. The molecule has 0 saturated heterocycles. The van der Waals surface area contributed by atoms with Gasteiger partial charge in [0.15, 0.2) is 0 Å². The van der Waals surface area contributed by atoms with Gasteiger partial charge in [-0.1, -0.05) is 0 Å². The summed E-state index contributed by atoms with van der Waals surface area (Å²) in [6, 6.07) is 0. The minimum absolute atomic E-state index is 0.271. The molecule has 0 aromatic heterocycles. The fourth-order valence-electron chi connectivity index (χ4n) is 0.875. The highest BCUT2D eigenvalue weighted by atomic mass is 35.5. The number of rotatable bonds is 4. The normalized spacial score (nSPS) is 11.2. The van der Waals surface area contributed by atoms with Crippen molar-refractivity contribution in [1.29, 1.82) is 0 Å². The fraction of sp³-hybridized carbons (Fsp3) is 0.900. The second-order valence-corrected chi connectivity index (χ2v) is 4.68. The standard InChI is InChI=1S/C10H20ClNO2/c1-10(2,3)14-9(13)12(4)8-6-5-7-11/h5-8H2,1-4H3. The average Bonchev–Trinajstić information content (AvgIpc) is 2.01. The Morgan fingerprint density at radius 1 is 1.36 bits per heavy atom. The van der Waals surface area contributed by atoms with Crippen molar-refractivity contribution in [3.05, 3.63) is 0 Å². The molecular weight excluding hydrogens is 202 g/mol. The van der Waals surface area contributed by atoms with Crippen LogP contribution in [0.5, 0.6) is 0 Å². The smallest absolute Gasteiger partial charge is 0.410 e. The second-order valence-electron chi connectivity index (χ2n) is 4.30. The molecule has 0 bridgehead atoms. The van der Waals surface area contributed by atoms with Gasteiger partial charge in [0.2, 0.25) is 0 Å². The summed E-state index contributed by atoms with van der Waals surface area (Å²) in [5.41, 5.74) is -0.419. The molecule has 0 aromatic rings. The third kappa shape index (κ3) is 7.01. The predicted molar refractivity (Wildman–Crippen MR) is 58.8 cm³/mol. The molecule has 14 heavy (non-hydrogen) atoms. The first kappa shape index (κ1) is 13.6. The van der Waals surface area contributed by atoms with E-state index in [1.165, 1.54) is 0 Å². The predicted octanol–water partition coefficient (Wildman–Crippen LogP) is 2.87. The molecular formula is C10H20ClNO2. The Balaban J connectivity index is 3.77. The monoisotopic (exact) mass is 221 g/mol. The Hall–Kier alpha value is -0.440. The summed E-state index contributed by atoms with van der Waals surface area (Å²) < 4.78 is 5.18. The lowest BCUT2D eigenvalue weighted by Gasteiger charge is -2.24. The number of amides is 1. The first-order chi connectivity index (χ1) is 6.37. The number of alkyl halides is 1. The van der Waals surface area contributed by atoms with Gasteiger partial charge in [-0.05, 0) is 33.6 Å². The Morgan fingerprint density at radius 2 is 1.93 bits per heavy atom. The topological polar surface area (TPSA) is 29.5 Å². The Labute approximate surface area is 91.4 Å². The third-order valence-corrected chi connectivity index (χ3v) is 1.85. The number of nitrogens with zero attached hydrogens (tertiary/aromatic N) is 1. The van der Waals surface area contributed by atoms with Crippen LogP contribution in [0.15, 0.2) is 0 Å². The van der Waals surface area contributed by atoms with E-state index in [1.54, 1.807) is 11.9 Å². The molecule has 0 atom stereocenters. The summed E-state index contributed by atoms with van der Waals surface area (Å²) in [6.07, 6.45) is 1.57. The number of unbranched alkanes of at least 4 members (excludes halogenated alkanes) is 1. The van der Waals surface area contributed by atoms with Crippen LogP contribution in [0, 0.1) is 0 Å². The van der Waals surface area contributed by atoms with Crippen molar-refractivity contribution in [2.24, 2.45) is 0 Å². The molecule has 0 fully saturated rings. The maximum Gasteiger partial charge on any atom is 0.410 e. The van der Waals surface area contributed by atoms with E-state index in [2.05, 4.69) is 0 Å². The van der Waals surface area contributed by atoms with E-state index in [9.17, 15) is 4.79 Å². The van der Waals surface area contributed by atoms with Gasteiger partial charge in [0.25, 0.3) is 0 Å². The fourth-order valence-corrected chi connectivity index (χ4v) is 1.06. The van der Waals surface area contributed by atoms with Crippen LogP contribution in [-0.2, 0) is 4.74 Å². The van der Waals surface area contributed by atoms with Gasteiger partial charge in [-0.25, -0.2) is 4.79 Å². The summed E-state index contributed by atoms with van der Waals surface area (Å²) in [5.74, 6) is 0.641. The first-order valence-corrected chi connectivity index (χ1v) is 5.40. The Kier molecular flexibility index (Phi) is 5.93. The van der Waals surface area contributed by atoms with Gasteiger partial charge in [-0.3, -0.25) is 0 Å². The molecule has 0 aliphatic carbocycles. The van der Waals surface area contributed by atoms with Gasteiger partial charge in [0.1, 0.15) is 5.60 Å². The number of halogens is 1. The van der Waals surface area contributed by atoms with Gasteiger partial charge in [0.05, 0.1) is 0 Å². The van der Waals surface area contributed by atoms with Crippen molar-refractivity contribution in [3.8, 4) is 0 Å². The summed E-state index contributed by atoms with van der Waals surface area (Å²) in [6.45, 7) is 6.27. The minimum atomic E-state index is -0.419. The molecule has 1 amide bonds. The highest BCUT2D eigenvalue weighted by molar-refractivity contribution is 6.17. The van der Waals surface area contributed by atoms with Crippen LogP contribution in [-0.4, -0.2) is 36.1 Å². The Morgan fingerprint density at radius 3 is 2.36 bits per heavy atom. The summed E-state index contributed by atoms with van der Waals surface area (Å²) >= 11 is 5.54. The molecule has 0 unspecified atom stereocenters. The summed E-state index contributed by atoms with van der Waals surface area (Å²) in [7, 11) is 1.74. The van der Waals surface area contributed by atoms with Gasteiger partial charge in [-0.2, -0.15) is 0 Å². The molecule has 0 aliphatic rings. The zero-order chi connectivity index (χ0) is 11.2. The van der Waals surface area contributed by atoms with Crippen molar-refractivity contribution in [3.63, 3.8) is 0 Å². The lowest BCUT2D eigenvalue weighted by atomic mass is 10.2. The highest BCUT2D eigenvalue weighted by Crippen LogP contribution is 2.09. The van der Waals surface area contributed by atoms with Crippen molar-refractivity contribution in [1.82, 2.24) is 4.90 Å². The SMILES string of the molecule is CN(CCCCCl)C(=O)OC(C)(C)C. The van der Waals surface area contributed by atoms with E-state index >= 15 is 0 Å². The van der Waals surface area contributed by atoms with Gasteiger partial charge >= 0.3 is 6.09 Å². The van der Waals surface area contributed by atoms with Crippen LogP contribution in [0.2, 0.25) is 0 Å². The van der Waals surface area contributed by atoms with E-state index in [-0.39, 0.29) is 6.09 Å². The molecule has 0 saturated carbocycles. The molecule has 3 nitrogen and oxygen atoms in total. The number of carbonyl (C=O) groups excluding carboxylic acids is 1. The minimum Gasteiger partial charge on any atom is -0.444 e. The van der Waals surface area contributed by atoms with Crippen molar-refractivity contribution in [2.75, 3.05) is 19.5 Å². The van der Waals surface area contributed by atoms with Crippen molar-refractivity contribution in [2.45, 2.75) is 39.2 Å². The van der Waals surface area contributed by atoms with Crippen LogP contribution in [0.1, 0.15) is 33.6 Å². The zero-order valence-electron chi connectivity index (χ0n) is 9.47. The highest BCUT2D eigenvalue weighted by Gasteiger charge is 2.18. The molecule has 0 rings (SSSR count). The van der Waals surface area contributed by atoms with Crippen LogP contribution >= 0.6 is 11.6 Å². The quantitative estimate of drug-likeness (QED) is 0.540. The Bertz CT molecular complexity index is 177. The molecule has 0 aliphatic heterocycles. The number of ether oxygens (including phenoxy) is 1. The van der Waals surface area contributed by atoms with Crippen molar-refractivity contribution >= 4 is 17.7 Å². The maximum absolute atomic E-state index is 11.4. The molecule has 0 spiro atoms. The average molecular weight is 222 g/mol. The molecule has 0 heterocycles. The van der Waals surface area contributed by atoms with E-state index in [0.29, 0.717) is 12.4 Å². The lowest BCUT2D eigenvalue weighted by Crippen LogP contribution is -2.34. The van der Waals surface area contributed by atoms with E-state index < -0.39 is 5.60 Å². The van der Waals surface area contributed by atoms with Crippen LogP contribution in [0.4, 0.5) is 4.79 Å². The largest absolute Gasteiger partial charge is 0.444 e. The zero-order valence-corrected chi connectivity index (χ0v) is 10.2. The third-order valence-electron chi connectivity index (χ3n) is 1.58. The second kappa shape index (κ2) is 6.12. The number of hydrogen-bond donors (Lipinski definition) is 0. The van der Waals surface area contributed by atoms with E-state index in [4.69, 9.17) is 16.3 Å². The van der Waals surface area contributed by atoms with Gasteiger partial charge in [-0.15, -0.1) is 11.6 Å². The molecule has 0 aromatic carbocycles. The number of carbonyl (C=O) groups is 1. The van der Waals surface area contributed by atoms with Gasteiger partial charge in [0, 0.05) is 19.5 Å².